The molecule has 10 nitrogen and oxygen atoms in total. The highest BCUT2D eigenvalue weighted by molar-refractivity contribution is 7.99. The smallest absolute Gasteiger partial charge is 0.303 e. The fraction of sp³-hybridized carbons (Fsp3) is 0.545. The van der Waals surface area contributed by atoms with E-state index >= 15 is 0 Å². The summed E-state index contributed by atoms with van der Waals surface area (Å²) in [5, 5.41) is 0. The predicted molar refractivity (Wildman–Crippen MR) is 119 cm³/mol. The van der Waals surface area contributed by atoms with Crippen LogP contribution >= 0.6 is 11.8 Å². The Morgan fingerprint density at radius 3 is 1.82 bits per heavy atom. The molecule has 0 unspecified atom stereocenters. The van der Waals surface area contributed by atoms with Crippen LogP contribution in [0.25, 0.3) is 0 Å². The molecule has 0 bridgehead atoms. The van der Waals surface area contributed by atoms with Crippen molar-refractivity contribution in [2.45, 2.75) is 62.4 Å². The molecule has 11 heteroatoms. The molecule has 1 heterocycles. The molecule has 2 rings (SSSR count). The summed E-state index contributed by atoms with van der Waals surface area (Å²) in [6.45, 7) is 4.56. The highest BCUT2D eigenvalue weighted by Gasteiger charge is 2.52. The van der Waals surface area contributed by atoms with E-state index in [0.29, 0.717) is 0 Å². The molecule has 1 aliphatic heterocycles. The van der Waals surface area contributed by atoms with Gasteiger partial charge in [0.05, 0.1) is 0 Å². The van der Waals surface area contributed by atoms with Crippen LogP contribution in [-0.4, -0.2) is 74.4 Å². The largest absolute Gasteiger partial charge is 0.463 e. The van der Waals surface area contributed by atoms with E-state index in [1.807, 2.05) is 43.3 Å². The minimum absolute atomic E-state index is 0.255. The second-order valence-electron chi connectivity index (χ2n) is 7.57. The standard InChI is InChI=1S/C22H29NO9S/c1-12(24)28-11-18-19(29-13(2)25)20(30-14(3)26)21(31-15(4)27)22(32-18)33-17-9-7-16(8-10-17)23(5)6/h7-10,18-22H,11H2,1-6H3/t18-,19-,20-,21-,22-/m0/s1. The lowest BCUT2D eigenvalue weighted by Crippen LogP contribution is -2.61. The number of carbonyl (C=O) groups is 4. The average molecular weight is 484 g/mol. The zero-order valence-corrected chi connectivity index (χ0v) is 20.2. The van der Waals surface area contributed by atoms with E-state index in [0.717, 1.165) is 10.6 Å². The quantitative estimate of drug-likeness (QED) is 0.399. The van der Waals surface area contributed by atoms with Crippen molar-refractivity contribution in [2.24, 2.45) is 0 Å². The Labute approximate surface area is 196 Å². The predicted octanol–water partition coefficient (Wildman–Crippen LogP) is 1.93. The van der Waals surface area contributed by atoms with E-state index in [9.17, 15) is 19.2 Å². The molecule has 0 aliphatic carbocycles. The number of anilines is 1. The minimum atomic E-state index is -1.18. The fourth-order valence-corrected chi connectivity index (χ4v) is 4.34. The Balaban J connectivity index is 2.42. The lowest BCUT2D eigenvalue weighted by atomic mass is 9.99. The van der Waals surface area contributed by atoms with Crippen LogP contribution in [-0.2, 0) is 42.9 Å². The van der Waals surface area contributed by atoms with Gasteiger partial charge >= 0.3 is 23.9 Å². The molecular weight excluding hydrogens is 454 g/mol. The first kappa shape index (κ1) is 26.5. The number of hydrogen-bond donors (Lipinski definition) is 0. The van der Waals surface area contributed by atoms with Crippen molar-refractivity contribution >= 4 is 41.3 Å². The summed E-state index contributed by atoms with van der Waals surface area (Å²) in [6, 6.07) is 7.56. The van der Waals surface area contributed by atoms with E-state index in [1.54, 1.807) is 0 Å². The van der Waals surface area contributed by atoms with Crippen LogP contribution in [0.15, 0.2) is 29.2 Å². The van der Waals surface area contributed by atoms with Crippen LogP contribution in [0.2, 0.25) is 0 Å². The summed E-state index contributed by atoms with van der Waals surface area (Å²) in [7, 11) is 3.84. The summed E-state index contributed by atoms with van der Waals surface area (Å²) < 4.78 is 27.4. The maximum atomic E-state index is 11.9. The van der Waals surface area contributed by atoms with Crippen LogP contribution in [0, 0.1) is 0 Å². The van der Waals surface area contributed by atoms with Crippen molar-refractivity contribution in [3.05, 3.63) is 24.3 Å². The summed E-state index contributed by atoms with van der Waals surface area (Å²) >= 11 is 1.23. The van der Waals surface area contributed by atoms with Gasteiger partial charge < -0.3 is 28.6 Å². The fourth-order valence-electron chi connectivity index (χ4n) is 3.24. The van der Waals surface area contributed by atoms with Gasteiger partial charge in [-0.3, -0.25) is 19.2 Å². The normalized spacial score (nSPS) is 24.4. The van der Waals surface area contributed by atoms with E-state index in [2.05, 4.69) is 0 Å². The Kier molecular flexibility index (Phi) is 9.54. The average Bonchev–Trinajstić information content (AvgIpc) is 2.70. The topological polar surface area (TPSA) is 118 Å². The van der Waals surface area contributed by atoms with Gasteiger partial charge in [-0.1, -0.05) is 11.8 Å². The number of nitrogens with zero attached hydrogens (tertiary/aromatic N) is 1. The third kappa shape index (κ3) is 7.93. The van der Waals surface area contributed by atoms with Crippen LogP contribution in [0.3, 0.4) is 0 Å². The molecule has 0 amide bonds. The maximum absolute atomic E-state index is 11.9. The summed E-state index contributed by atoms with van der Waals surface area (Å²) in [6.07, 6.45) is -4.40. The van der Waals surface area contributed by atoms with Gasteiger partial charge in [-0.15, -0.1) is 0 Å². The Hall–Kier alpha value is -2.79. The molecule has 1 fully saturated rings. The highest BCUT2D eigenvalue weighted by atomic mass is 32.2. The van der Waals surface area contributed by atoms with E-state index in [-0.39, 0.29) is 6.61 Å². The zero-order chi connectivity index (χ0) is 24.7. The number of esters is 4. The molecule has 1 aliphatic rings. The molecule has 5 atom stereocenters. The maximum Gasteiger partial charge on any atom is 0.303 e. The molecule has 0 N–H and O–H groups in total. The van der Waals surface area contributed by atoms with E-state index < -0.39 is 53.7 Å². The molecule has 0 spiro atoms. The third-order valence-electron chi connectivity index (χ3n) is 4.55. The Bertz CT molecular complexity index is 858. The minimum Gasteiger partial charge on any atom is -0.463 e. The van der Waals surface area contributed by atoms with E-state index in [1.165, 1.54) is 39.5 Å². The van der Waals surface area contributed by atoms with Crippen molar-refractivity contribution < 1.29 is 42.9 Å². The van der Waals surface area contributed by atoms with Crippen molar-refractivity contribution in [2.75, 3.05) is 25.6 Å². The molecule has 1 saturated heterocycles. The molecule has 1 aromatic rings. The van der Waals surface area contributed by atoms with Crippen molar-refractivity contribution in [3.8, 4) is 0 Å². The van der Waals surface area contributed by atoms with Crippen LogP contribution in [0.1, 0.15) is 27.7 Å². The first-order valence-corrected chi connectivity index (χ1v) is 11.1. The number of hydrogen-bond acceptors (Lipinski definition) is 11. The SMILES string of the molecule is CC(=O)OC[C@@H]1O[C@@H](Sc2ccc(N(C)C)cc2)[C@@H](OC(C)=O)[C@@H](OC(C)=O)[C@H]1OC(C)=O. The van der Waals surface area contributed by atoms with Gasteiger partial charge in [-0.05, 0) is 24.3 Å². The summed E-state index contributed by atoms with van der Waals surface area (Å²) in [5.41, 5.74) is 0.136. The lowest BCUT2D eigenvalue weighted by Gasteiger charge is -2.44. The number of rotatable bonds is 8. The second kappa shape index (κ2) is 11.9. The summed E-state index contributed by atoms with van der Waals surface area (Å²) in [4.78, 5) is 49.7. The van der Waals surface area contributed by atoms with Crippen molar-refractivity contribution in [1.82, 2.24) is 0 Å². The molecule has 0 aromatic heterocycles. The van der Waals surface area contributed by atoms with Gasteiger partial charge in [0, 0.05) is 52.4 Å². The van der Waals surface area contributed by atoms with Gasteiger partial charge in [0.15, 0.2) is 18.3 Å². The molecule has 0 saturated carbocycles. The van der Waals surface area contributed by atoms with Crippen LogP contribution in [0.4, 0.5) is 5.69 Å². The third-order valence-corrected chi connectivity index (χ3v) is 5.71. The second-order valence-corrected chi connectivity index (χ2v) is 8.75. The lowest BCUT2D eigenvalue weighted by molar-refractivity contribution is -0.237. The molecule has 1 aromatic carbocycles. The Morgan fingerprint density at radius 2 is 1.33 bits per heavy atom. The van der Waals surface area contributed by atoms with Gasteiger partial charge in [0.25, 0.3) is 0 Å². The van der Waals surface area contributed by atoms with Gasteiger partial charge in [0.1, 0.15) is 18.1 Å². The number of thioether (sulfide) groups is 1. The number of carbonyl (C=O) groups excluding carboxylic acids is 4. The highest BCUT2D eigenvalue weighted by Crippen LogP contribution is 2.38. The van der Waals surface area contributed by atoms with Crippen molar-refractivity contribution in [1.29, 1.82) is 0 Å². The molecule has 33 heavy (non-hydrogen) atoms. The van der Waals surface area contributed by atoms with Crippen LogP contribution < -0.4 is 4.90 Å². The monoisotopic (exact) mass is 483 g/mol. The molecule has 0 radical (unpaired) electrons. The number of benzene rings is 1. The first-order chi connectivity index (χ1) is 15.5. The Morgan fingerprint density at radius 1 is 0.818 bits per heavy atom. The van der Waals surface area contributed by atoms with Crippen LogP contribution in [0.5, 0.6) is 0 Å². The first-order valence-electron chi connectivity index (χ1n) is 10.2. The zero-order valence-electron chi connectivity index (χ0n) is 19.4. The van der Waals surface area contributed by atoms with E-state index in [4.69, 9.17) is 23.7 Å². The van der Waals surface area contributed by atoms with Gasteiger partial charge in [-0.25, -0.2) is 0 Å². The summed E-state index contributed by atoms with van der Waals surface area (Å²) in [5.74, 6) is -2.52. The van der Waals surface area contributed by atoms with Crippen molar-refractivity contribution in [3.63, 3.8) is 0 Å². The van der Waals surface area contributed by atoms with Gasteiger partial charge in [0.2, 0.25) is 0 Å². The van der Waals surface area contributed by atoms with Gasteiger partial charge in [-0.2, -0.15) is 0 Å². The molecular formula is C22H29NO9S. The number of ether oxygens (including phenoxy) is 5. The molecule has 182 valence electrons.